The topological polar surface area (TPSA) is 87.3 Å². The first-order chi connectivity index (χ1) is 8.27. The Balaban J connectivity index is 1.87. The van der Waals surface area contributed by atoms with Gasteiger partial charge in [-0.1, -0.05) is 0 Å². The normalized spacial score (nSPS) is 19.9. The fraction of sp³-hybridized carbons (Fsp3) is 0.545. The second-order valence-corrected chi connectivity index (χ2v) is 3.88. The molecular formula is C11H15N3O3. The van der Waals surface area contributed by atoms with Crippen molar-refractivity contribution in [3.05, 3.63) is 18.1 Å². The molecule has 1 saturated heterocycles. The van der Waals surface area contributed by atoms with Crippen LogP contribution in [0.3, 0.4) is 0 Å². The fourth-order valence-corrected chi connectivity index (χ4v) is 1.68. The zero-order chi connectivity index (χ0) is 12.1. The number of carbonyl (C=O) groups is 1. The third-order valence-corrected chi connectivity index (χ3v) is 2.59. The first kappa shape index (κ1) is 11.8. The molecule has 0 amide bonds. The molecule has 0 radical (unpaired) electrons. The summed E-state index contributed by atoms with van der Waals surface area (Å²) in [5.74, 6) is -0.466. The average Bonchev–Trinajstić information content (AvgIpc) is 2.38. The van der Waals surface area contributed by atoms with Gasteiger partial charge in [0.2, 0.25) is 0 Å². The molecule has 1 aliphatic heterocycles. The molecule has 2 N–H and O–H groups in total. The van der Waals surface area contributed by atoms with Gasteiger partial charge in [-0.25, -0.2) is 14.8 Å². The zero-order valence-corrected chi connectivity index (χ0v) is 9.46. The number of esters is 1. The molecule has 0 saturated carbocycles. The molecule has 1 aliphatic rings. The lowest BCUT2D eigenvalue weighted by molar-refractivity contribution is -0.0302. The molecule has 6 nitrogen and oxygen atoms in total. The van der Waals surface area contributed by atoms with E-state index in [1.54, 1.807) is 0 Å². The van der Waals surface area contributed by atoms with Gasteiger partial charge in [-0.15, -0.1) is 0 Å². The van der Waals surface area contributed by atoms with Gasteiger partial charge in [0.05, 0.1) is 6.10 Å². The van der Waals surface area contributed by atoms with E-state index >= 15 is 0 Å². The number of aromatic nitrogens is 2. The van der Waals surface area contributed by atoms with Crippen LogP contribution in [0.25, 0.3) is 0 Å². The van der Waals surface area contributed by atoms with Crippen molar-refractivity contribution < 1.29 is 14.3 Å². The Hall–Kier alpha value is -1.69. The highest BCUT2D eigenvalue weighted by Gasteiger charge is 2.18. The highest BCUT2D eigenvalue weighted by atomic mass is 16.6. The quantitative estimate of drug-likeness (QED) is 0.782. The third-order valence-electron chi connectivity index (χ3n) is 2.59. The molecule has 1 aromatic heterocycles. The maximum Gasteiger partial charge on any atom is 0.360 e. The van der Waals surface area contributed by atoms with Crippen LogP contribution in [0.5, 0.6) is 0 Å². The summed E-state index contributed by atoms with van der Waals surface area (Å²) < 4.78 is 10.6. The van der Waals surface area contributed by atoms with Gasteiger partial charge < -0.3 is 15.2 Å². The number of hydrogen-bond acceptors (Lipinski definition) is 6. The second-order valence-electron chi connectivity index (χ2n) is 3.88. The van der Waals surface area contributed by atoms with Crippen molar-refractivity contribution >= 4 is 11.8 Å². The van der Waals surface area contributed by atoms with E-state index in [2.05, 4.69) is 9.97 Å². The molecule has 1 unspecified atom stereocenters. The minimum absolute atomic E-state index is 0.00871. The standard InChI is InChI=1S/C11H15N3O3/c12-10-9(13-4-5-14-10)11(15)17-7-8-3-1-2-6-16-8/h4-5,8H,1-3,6-7H2,(H2,12,14). The summed E-state index contributed by atoms with van der Waals surface area (Å²) in [6.07, 6.45) is 5.92. The molecule has 0 spiro atoms. The second kappa shape index (κ2) is 5.58. The Bertz CT molecular complexity index is 391. The van der Waals surface area contributed by atoms with Crippen LogP contribution >= 0.6 is 0 Å². The summed E-state index contributed by atoms with van der Waals surface area (Å²) in [6, 6.07) is 0. The Morgan fingerprint density at radius 3 is 3.00 bits per heavy atom. The van der Waals surface area contributed by atoms with Crippen LogP contribution in [-0.4, -0.2) is 35.3 Å². The number of hydrogen-bond donors (Lipinski definition) is 1. The maximum atomic E-state index is 11.6. The molecule has 0 aliphatic carbocycles. The monoisotopic (exact) mass is 237 g/mol. The highest BCUT2D eigenvalue weighted by molar-refractivity contribution is 5.91. The Kier molecular flexibility index (Phi) is 3.87. The zero-order valence-electron chi connectivity index (χ0n) is 9.46. The van der Waals surface area contributed by atoms with Crippen molar-refractivity contribution in [2.75, 3.05) is 18.9 Å². The summed E-state index contributed by atoms with van der Waals surface area (Å²) in [4.78, 5) is 19.3. The van der Waals surface area contributed by atoms with Crippen LogP contribution in [0.15, 0.2) is 12.4 Å². The predicted octanol–water partition coefficient (Wildman–Crippen LogP) is 0.785. The van der Waals surface area contributed by atoms with Crippen LogP contribution in [0.4, 0.5) is 5.82 Å². The molecular weight excluding hydrogens is 222 g/mol. The van der Waals surface area contributed by atoms with Gasteiger partial charge in [0, 0.05) is 19.0 Å². The highest BCUT2D eigenvalue weighted by Crippen LogP contribution is 2.13. The number of nitrogens with zero attached hydrogens (tertiary/aromatic N) is 2. The van der Waals surface area contributed by atoms with E-state index in [1.807, 2.05) is 0 Å². The van der Waals surface area contributed by atoms with Gasteiger partial charge in [0.1, 0.15) is 6.61 Å². The molecule has 1 fully saturated rings. The van der Waals surface area contributed by atoms with Crippen LogP contribution in [0, 0.1) is 0 Å². The minimum atomic E-state index is -0.551. The molecule has 0 bridgehead atoms. The van der Waals surface area contributed by atoms with E-state index in [1.165, 1.54) is 12.4 Å². The maximum absolute atomic E-state index is 11.6. The van der Waals surface area contributed by atoms with Crippen molar-refractivity contribution in [1.29, 1.82) is 0 Å². The number of anilines is 1. The number of carbonyl (C=O) groups excluding carboxylic acids is 1. The summed E-state index contributed by atoms with van der Waals surface area (Å²) >= 11 is 0. The number of nitrogens with two attached hydrogens (primary N) is 1. The summed E-state index contributed by atoms with van der Waals surface area (Å²) in [5.41, 5.74) is 5.58. The number of ether oxygens (including phenoxy) is 2. The first-order valence-corrected chi connectivity index (χ1v) is 5.62. The van der Waals surface area contributed by atoms with E-state index < -0.39 is 5.97 Å². The fourth-order valence-electron chi connectivity index (χ4n) is 1.68. The van der Waals surface area contributed by atoms with Crippen LogP contribution in [0.1, 0.15) is 29.8 Å². The van der Waals surface area contributed by atoms with Crippen molar-refractivity contribution in [2.45, 2.75) is 25.4 Å². The minimum Gasteiger partial charge on any atom is -0.458 e. The van der Waals surface area contributed by atoms with Gasteiger partial charge in [-0.2, -0.15) is 0 Å². The van der Waals surface area contributed by atoms with Gasteiger partial charge >= 0.3 is 5.97 Å². The van der Waals surface area contributed by atoms with E-state index in [9.17, 15) is 4.79 Å². The smallest absolute Gasteiger partial charge is 0.360 e. The lowest BCUT2D eigenvalue weighted by Crippen LogP contribution is -2.26. The van der Waals surface area contributed by atoms with Gasteiger partial charge in [-0.3, -0.25) is 0 Å². The first-order valence-electron chi connectivity index (χ1n) is 5.62. The molecule has 2 rings (SSSR count). The number of nitrogen functional groups attached to an aromatic ring is 1. The van der Waals surface area contributed by atoms with Crippen molar-refractivity contribution in [3.63, 3.8) is 0 Å². The molecule has 17 heavy (non-hydrogen) atoms. The molecule has 0 aromatic carbocycles. The van der Waals surface area contributed by atoms with Crippen LogP contribution in [0.2, 0.25) is 0 Å². The van der Waals surface area contributed by atoms with Crippen molar-refractivity contribution in [1.82, 2.24) is 9.97 Å². The molecule has 6 heteroatoms. The Labute approximate surface area is 99.1 Å². The molecule has 1 atom stereocenters. The molecule has 92 valence electrons. The third kappa shape index (κ3) is 3.13. The summed E-state index contributed by atoms with van der Waals surface area (Å²) in [7, 11) is 0. The lowest BCUT2D eigenvalue weighted by Gasteiger charge is -2.21. The summed E-state index contributed by atoms with van der Waals surface area (Å²) in [6.45, 7) is 0.977. The Morgan fingerprint density at radius 1 is 1.47 bits per heavy atom. The van der Waals surface area contributed by atoms with E-state index in [0.717, 1.165) is 25.9 Å². The Morgan fingerprint density at radius 2 is 2.29 bits per heavy atom. The average molecular weight is 237 g/mol. The van der Waals surface area contributed by atoms with Gasteiger partial charge in [-0.05, 0) is 19.3 Å². The lowest BCUT2D eigenvalue weighted by atomic mass is 10.1. The largest absolute Gasteiger partial charge is 0.458 e. The summed E-state index contributed by atoms with van der Waals surface area (Å²) in [5, 5.41) is 0. The van der Waals surface area contributed by atoms with Crippen molar-refractivity contribution in [2.24, 2.45) is 0 Å². The van der Waals surface area contributed by atoms with E-state index in [-0.39, 0.29) is 24.2 Å². The van der Waals surface area contributed by atoms with Gasteiger partial charge in [0.15, 0.2) is 11.5 Å². The van der Waals surface area contributed by atoms with E-state index in [0.29, 0.717) is 0 Å². The van der Waals surface area contributed by atoms with Gasteiger partial charge in [0.25, 0.3) is 0 Å². The van der Waals surface area contributed by atoms with E-state index in [4.69, 9.17) is 15.2 Å². The van der Waals surface area contributed by atoms with Crippen LogP contribution in [-0.2, 0) is 9.47 Å². The SMILES string of the molecule is Nc1nccnc1C(=O)OCC1CCCCO1. The predicted molar refractivity (Wildman–Crippen MR) is 60.3 cm³/mol. The molecule has 2 heterocycles. The van der Waals surface area contributed by atoms with Crippen LogP contribution < -0.4 is 5.73 Å². The van der Waals surface area contributed by atoms with Crippen molar-refractivity contribution in [3.8, 4) is 0 Å². The molecule has 1 aromatic rings. The number of rotatable bonds is 3.